The Morgan fingerprint density at radius 1 is 1.38 bits per heavy atom. The van der Waals surface area contributed by atoms with Crippen molar-refractivity contribution < 1.29 is 28.9 Å². The van der Waals surface area contributed by atoms with Crippen molar-refractivity contribution in [2.75, 3.05) is 26.9 Å². The number of carbonyl (C=O) groups is 2. The highest BCUT2D eigenvalue weighted by Gasteiger charge is 2.46. The molecule has 1 aromatic carbocycles. The number of carbonyl (C=O) groups excluding carboxylic acids is 2. The smallest absolute Gasteiger partial charge is 0.282 e. The number of hydrogen-bond acceptors (Lipinski definition) is 8. The van der Waals surface area contributed by atoms with Gasteiger partial charge in [0.05, 0.1) is 30.2 Å². The van der Waals surface area contributed by atoms with Crippen LogP contribution >= 0.6 is 0 Å². The molecular weight excluding hydrogens is 322 g/mol. The summed E-state index contributed by atoms with van der Waals surface area (Å²) in [5.74, 6) is -1.35. The molecule has 2 amide bonds. The summed E-state index contributed by atoms with van der Waals surface area (Å²) < 4.78 is 4.92. The number of amides is 2. The lowest BCUT2D eigenvalue weighted by molar-refractivity contribution is -0.425. The van der Waals surface area contributed by atoms with Gasteiger partial charge in [-0.15, -0.1) is 0 Å². The minimum absolute atomic E-state index is 0.00716. The number of nitro groups is 1. The number of nitro benzene ring substituents is 1. The SMILES string of the molecule is COCCN1OCCC(N2C(=O)c3cccc([N+](=O)[O-])c3C2=O)O1. The second-order valence-electron chi connectivity index (χ2n) is 5.17. The molecule has 10 heteroatoms. The molecule has 0 aromatic heterocycles. The molecule has 0 radical (unpaired) electrons. The Kier molecular flexibility index (Phi) is 4.53. The van der Waals surface area contributed by atoms with E-state index < -0.39 is 28.7 Å². The maximum Gasteiger partial charge on any atom is 0.282 e. The Morgan fingerprint density at radius 2 is 2.17 bits per heavy atom. The maximum atomic E-state index is 12.6. The molecule has 24 heavy (non-hydrogen) atoms. The lowest BCUT2D eigenvalue weighted by atomic mass is 10.1. The van der Waals surface area contributed by atoms with Gasteiger partial charge in [-0.2, -0.15) is 0 Å². The van der Waals surface area contributed by atoms with Crippen LogP contribution in [-0.4, -0.2) is 60.0 Å². The van der Waals surface area contributed by atoms with Crippen LogP contribution in [0.15, 0.2) is 18.2 Å². The fraction of sp³-hybridized carbons (Fsp3) is 0.429. The molecular formula is C14H15N3O7. The zero-order valence-electron chi connectivity index (χ0n) is 12.8. The Bertz CT molecular complexity index is 693. The fourth-order valence-corrected chi connectivity index (χ4v) is 2.63. The predicted octanol–water partition coefficient (Wildman–Crippen LogP) is 0.732. The van der Waals surface area contributed by atoms with Gasteiger partial charge in [-0.25, -0.2) is 9.74 Å². The molecule has 0 saturated carbocycles. The van der Waals surface area contributed by atoms with Crippen molar-refractivity contribution in [3.8, 4) is 0 Å². The summed E-state index contributed by atoms with van der Waals surface area (Å²) in [4.78, 5) is 47.2. The summed E-state index contributed by atoms with van der Waals surface area (Å²) in [6.07, 6.45) is -0.620. The molecule has 1 saturated heterocycles. The number of hydrogen-bond donors (Lipinski definition) is 0. The Morgan fingerprint density at radius 3 is 2.88 bits per heavy atom. The highest BCUT2D eigenvalue weighted by Crippen LogP contribution is 2.33. The Balaban J connectivity index is 1.85. The highest BCUT2D eigenvalue weighted by molar-refractivity contribution is 6.23. The predicted molar refractivity (Wildman–Crippen MR) is 77.6 cm³/mol. The number of rotatable bonds is 5. The summed E-state index contributed by atoms with van der Waals surface area (Å²) in [5.41, 5.74) is -0.588. The third kappa shape index (κ3) is 2.76. The van der Waals surface area contributed by atoms with Gasteiger partial charge in [-0.05, 0) is 6.07 Å². The molecule has 0 bridgehead atoms. The van der Waals surface area contributed by atoms with Crippen LogP contribution in [0.1, 0.15) is 27.1 Å². The average molecular weight is 337 g/mol. The molecule has 1 atom stereocenters. The minimum Gasteiger partial charge on any atom is -0.383 e. The van der Waals surface area contributed by atoms with Crippen LogP contribution in [0.2, 0.25) is 0 Å². The van der Waals surface area contributed by atoms with E-state index in [-0.39, 0.29) is 30.7 Å². The van der Waals surface area contributed by atoms with Crippen molar-refractivity contribution in [1.29, 1.82) is 0 Å². The molecule has 1 fully saturated rings. The summed E-state index contributed by atoms with van der Waals surface area (Å²) in [5, 5.41) is 12.3. The minimum atomic E-state index is -0.886. The zero-order chi connectivity index (χ0) is 17.3. The van der Waals surface area contributed by atoms with Gasteiger partial charge in [-0.3, -0.25) is 24.5 Å². The number of fused-ring (bicyclic) bond motifs is 1. The van der Waals surface area contributed by atoms with Gasteiger partial charge in [-0.1, -0.05) is 11.3 Å². The molecule has 1 unspecified atom stereocenters. The Labute approximate surface area is 136 Å². The first-order valence-corrected chi connectivity index (χ1v) is 7.26. The van der Waals surface area contributed by atoms with Gasteiger partial charge in [0, 0.05) is 19.6 Å². The second kappa shape index (κ2) is 6.61. The Hall–Kier alpha value is -2.40. The molecule has 10 nitrogen and oxygen atoms in total. The van der Waals surface area contributed by atoms with Gasteiger partial charge in [0.2, 0.25) is 0 Å². The van der Waals surface area contributed by atoms with Gasteiger partial charge >= 0.3 is 0 Å². The van der Waals surface area contributed by atoms with Crippen molar-refractivity contribution in [1.82, 2.24) is 10.1 Å². The number of nitrogens with zero attached hydrogens (tertiary/aromatic N) is 3. The first-order valence-electron chi connectivity index (χ1n) is 7.26. The van der Waals surface area contributed by atoms with Crippen molar-refractivity contribution in [2.45, 2.75) is 12.6 Å². The molecule has 3 rings (SSSR count). The van der Waals surface area contributed by atoms with Crippen LogP contribution in [0.25, 0.3) is 0 Å². The number of methoxy groups -OCH3 is 1. The lowest BCUT2D eigenvalue weighted by Gasteiger charge is -2.34. The summed E-state index contributed by atoms with van der Waals surface area (Å²) >= 11 is 0. The van der Waals surface area contributed by atoms with Crippen molar-refractivity contribution in [3.63, 3.8) is 0 Å². The fourth-order valence-electron chi connectivity index (χ4n) is 2.63. The van der Waals surface area contributed by atoms with Gasteiger partial charge < -0.3 is 4.74 Å². The molecule has 128 valence electrons. The maximum absolute atomic E-state index is 12.6. The normalized spacial score (nSPS) is 21.2. The monoisotopic (exact) mass is 337 g/mol. The topological polar surface area (TPSA) is 111 Å². The molecule has 2 heterocycles. The van der Waals surface area contributed by atoms with E-state index in [1.807, 2.05) is 0 Å². The molecule has 0 aliphatic carbocycles. The van der Waals surface area contributed by atoms with E-state index in [1.54, 1.807) is 0 Å². The van der Waals surface area contributed by atoms with E-state index in [4.69, 9.17) is 14.4 Å². The van der Waals surface area contributed by atoms with Crippen LogP contribution in [0.4, 0.5) is 5.69 Å². The van der Waals surface area contributed by atoms with Crippen LogP contribution < -0.4 is 0 Å². The van der Waals surface area contributed by atoms with Crippen LogP contribution in [-0.2, 0) is 14.4 Å². The van der Waals surface area contributed by atoms with Crippen LogP contribution in [0, 0.1) is 10.1 Å². The van der Waals surface area contributed by atoms with Gasteiger partial charge in [0.1, 0.15) is 5.56 Å². The third-order valence-corrected chi connectivity index (χ3v) is 3.73. The zero-order valence-corrected chi connectivity index (χ0v) is 12.8. The standard InChI is InChI=1S/C14H15N3O7/c1-22-8-6-15-23-7-5-11(24-15)16-13(18)9-3-2-4-10(17(20)21)12(9)14(16)19/h2-4,11H,5-8H2,1H3. The first kappa shape index (κ1) is 16.5. The molecule has 0 spiro atoms. The largest absolute Gasteiger partial charge is 0.383 e. The number of ether oxygens (including phenoxy) is 1. The third-order valence-electron chi connectivity index (χ3n) is 3.73. The summed E-state index contributed by atoms with van der Waals surface area (Å²) in [7, 11) is 1.52. The number of imide groups is 1. The van der Waals surface area contributed by atoms with E-state index >= 15 is 0 Å². The van der Waals surface area contributed by atoms with Gasteiger partial charge in [0.15, 0.2) is 6.23 Å². The number of hydroxylamine groups is 2. The average Bonchev–Trinajstić information content (AvgIpc) is 2.84. The molecule has 0 N–H and O–H groups in total. The second-order valence-corrected chi connectivity index (χ2v) is 5.17. The molecule has 1 aromatic rings. The van der Waals surface area contributed by atoms with Gasteiger partial charge in [0.25, 0.3) is 17.5 Å². The van der Waals surface area contributed by atoms with Crippen molar-refractivity contribution in [2.24, 2.45) is 0 Å². The molecule has 2 aliphatic heterocycles. The van der Waals surface area contributed by atoms with E-state index in [0.29, 0.717) is 6.61 Å². The highest BCUT2D eigenvalue weighted by atomic mass is 17.0. The van der Waals surface area contributed by atoms with E-state index in [2.05, 4.69) is 0 Å². The van der Waals surface area contributed by atoms with Crippen LogP contribution in [0.5, 0.6) is 0 Å². The quantitative estimate of drug-likeness (QED) is 0.439. The summed E-state index contributed by atoms with van der Waals surface area (Å²) in [6, 6.07) is 3.97. The van der Waals surface area contributed by atoms with Crippen LogP contribution in [0.3, 0.4) is 0 Å². The summed E-state index contributed by atoms with van der Waals surface area (Å²) in [6.45, 7) is 0.862. The van der Waals surface area contributed by atoms with Crippen molar-refractivity contribution in [3.05, 3.63) is 39.4 Å². The first-order chi connectivity index (χ1) is 11.5. The number of benzene rings is 1. The molecule has 2 aliphatic rings. The van der Waals surface area contributed by atoms with E-state index in [9.17, 15) is 19.7 Å². The van der Waals surface area contributed by atoms with Crippen molar-refractivity contribution >= 4 is 17.5 Å². The lowest BCUT2D eigenvalue weighted by Crippen LogP contribution is -2.49. The van der Waals surface area contributed by atoms with E-state index in [1.165, 1.54) is 25.3 Å². The van der Waals surface area contributed by atoms with E-state index in [0.717, 1.165) is 10.1 Å².